The largest absolute Gasteiger partial charge is 0.405 e. The number of carbonyl (C=O) groups is 2. The highest BCUT2D eigenvalue weighted by molar-refractivity contribution is 6.33. The first-order chi connectivity index (χ1) is 12.2. The smallest absolute Gasteiger partial charge is 0.345 e. The van der Waals surface area contributed by atoms with Crippen molar-refractivity contribution in [1.82, 2.24) is 10.6 Å². The van der Waals surface area contributed by atoms with Crippen molar-refractivity contribution in [3.05, 3.63) is 28.5 Å². The maximum atomic E-state index is 14.0. The fraction of sp³-hybridized carbons (Fsp3) is 0.500. The number of halogens is 5. The Morgan fingerprint density at radius 1 is 1.31 bits per heavy atom. The average Bonchev–Trinajstić information content (AvgIpc) is 2.79. The number of amides is 2. The first-order valence-corrected chi connectivity index (χ1v) is 8.38. The molecule has 1 aromatic rings. The molecule has 0 unspecified atom stereocenters. The summed E-state index contributed by atoms with van der Waals surface area (Å²) >= 11 is 6.13. The van der Waals surface area contributed by atoms with Crippen LogP contribution in [-0.4, -0.2) is 44.2 Å². The summed E-state index contributed by atoms with van der Waals surface area (Å²) < 4.78 is 50.8. The molecule has 1 spiro atoms. The number of rotatable bonds is 3. The van der Waals surface area contributed by atoms with Gasteiger partial charge in [0.2, 0.25) is 11.8 Å². The van der Waals surface area contributed by atoms with Crippen LogP contribution in [0.2, 0.25) is 5.02 Å². The average molecular weight is 394 g/mol. The molecule has 142 valence electrons. The molecule has 0 aromatic heterocycles. The molecular weight excluding hydrogens is 378 g/mol. The minimum Gasteiger partial charge on any atom is -0.345 e. The molecule has 1 saturated heterocycles. The number of hydrogen-bond acceptors (Lipinski definition) is 3. The van der Waals surface area contributed by atoms with Crippen LogP contribution in [0.5, 0.6) is 0 Å². The van der Waals surface area contributed by atoms with Crippen molar-refractivity contribution >= 4 is 29.1 Å². The normalized spacial score (nSPS) is 19.0. The minimum absolute atomic E-state index is 0.184. The third kappa shape index (κ3) is 3.25. The van der Waals surface area contributed by atoms with Gasteiger partial charge < -0.3 is 15.5 Å². The van der Waals surface area contributed by atoms with E-state index in [-0.39, 0.29) is 10.7 Å². The highest BCUT2D eigenvalue weighted by Crippen LogP contribution is 2.50. The molecule has 2 aliphatic rings. The van der Waals surface area contributed by atoms with E-state index >= 15 is 0 Å². The van der Waals surface area contributed by atoms with Gasteiger partial charge in [0, 0.05) is 5.56 Å². The molecule has 2 heterocycles. The molecule has 2 amide bonds. The van der Waals surface area contributed by atoms with Gasteiger partial charge in [0.15, 0.2) is 0 Å². The Bertz CT molecular complexity index is 748. The van der Waals surface area contributed by atoms with Gasteiger partial charge >= 0.3 is 6.18 Å². The Hall–Kier alpha value is -1.87. The Balaban J connectivity index is 1.92. The van der Waals surface area contributed by atoms with Gasteiger partial charge in [-0.1, -0.05) is 11.6 Å². The maximum absolute atomic E-state index is 14.0. The summed E-state index contributed by atoms with van der Waals surface area (Å²) in [5, 5.41) is 4.66. The third-order valence-corrected chi connectivity index (χ3v) is 5.11. The van der Waals surface area contributed by atoms with E-state index in [0.717, 1.165) is 11.0 Å². The molecule has 10 heteroatoms. The molecule has 0 saturated carbocycles. The number of carbonyl (C=O) groups excluding carboxylic acids is 2. The zero-order valence-electron chi connectivity index (χ0n) is 13.6. The van der Waals surface area contributed by atoms with Crippen molar-refractivity contribution in [3.8, 4) is 0 Å². The molecule has 3 rings (SSSR count). The molecule has 0 aliphatic carbocycles. The first kappa shape index (κ1) is 18.9. The van der Waals surface area contributed by atoms with Gasteiger partial charge in [-0.05, 0) is 38.1 Å². The van der Waals surface area contributed by atoms with Crippen LogP contribution in [-0.2, 0) is 15.0 Å². The summed E-state index contributed by atoms with van der Waals surface area (Å²) in [7, 11) is 0. The highest BCUT2D eigenvalue weighted by Gasteiger charge is 2.53. The standard InChI is InChI=1S/C16H16ClF4N3O2/c17-13-9(18)1-2-10-12(13)15(3-5-22-6-4-15)14(26)24(10)7-11(25)23-8-16(19,20)21/h1-2,22H,3-8H2,(H,23,25). The summed E-state index contributed by atoms with van der Waals surface area (Å²) in [5.74, 6) is -2.07. The van der Waals surface area contributed by atoms with E-state index < -0.39 is 42.3 Å². The van der Waals surface area contributed by atoms with Crippen LogP contribution in [0.15, 0.2) is 12.1 Å². The summed E-state index contributed by atoms with van der Waals surface area (Å²) in [5.41, 5.74) is -0.482. The topological polar surface area (TPSA) is 61.4 Å². The summed E-state index contributed by atoms with van der Waals surface area (Å²) in [6, 6.07) is 2.41. The highest BCUT2D eigenvalue weighted by atomic mass is 35.5. The predicted octanol–water partition coefficient (Wildman–Crippen LogP) is 2.13. The predicted molar refractivity (Wildman–Crippen MR) is 86.6 cm³/mol. The van der Waals surface area contributed by atoms with Crippen LogP contribution in [0.25, 0.3) is 0 Å². The third-order valence-electron chi connectivity index (χ3n) is 4.74. The number of nitrogens with one attached hydrogen (secondary N) is 2. The molecule has 5 nitrogen and oxygen atoms in total. The van der Waals surface area contributed by atoms with Crippen LogP contribution in [0.4, 0.5) is 23.2 Å². The fourth-order valence-electron chi connectivity index (χ4n) is 3.57. The van der Waals surface area contributed by atoms with Crippen LogP contribution in [0.1, 0.15) is 18.4 Å². The maximum Gasteiger partial charge on any atom is 0.405 e. The summed E-state index contributed by atoms with van der Waals surface area (Å²) in [6.07, 6.45) is -3.82. The SMILES string of the molecule is O=C(CN1C(=O)C2(CCNCC2)c2c1ccc(F)c2Cl)NCC(F)(F)F. The monoisotopic (exact) mass is 393 g/mol. The van der Waals surface area contributed by atoms with E-state index in [1.54, 1.807) is 5.32 Å². The van der Waals surface area contributed by atoms with E-state index in [4.69, 9.17) is 11.6 Å². The van der Waals surface area contributed by atoms with Crippen molar-refractivity contribution < 1.29 is 27.2 Å². The molecule has 1 aromatic carbocycles. The second kappa shape index (κ2) is 6.70. The van der Waals surface area contributed by atoms with Gasteiger partial charge in [-0.15, -0.1) is 0 Å². The van der Waals surface area contributed by atoms with Gasteiger partial charge in [-0.25, -0.2) is 4.39 Å². The van der Waals surface area contributed by atoms with E-state index in [0.29, 0.717) is 31.5 Å². The number of alkyl halides is 3. The molecular formula is C16H16ClF4N3O2. The van der Waals surface area contributed by atoms with Crippen molar-refractivity contribution in [2.45, 2.75) is 24.4 Å². The van der Waals surface area contributed by atoms with Gasteiger partial charge in [-0.3, -0.25) is 9.59 Å². The lowest BCUT2D eigenvalue weighted by Gasteiger charge is -2.33. The fourth-order valence-corrected chi connectivity index (χ4v) is 3.91. The number of hydrogen-bond donors (Lipinski definition) is 2. The molecule has 26 heavy (non-hydrogen) atoms. The number of nitrogens with zero attached hydrogens (tertiary/aromatic N) is 1. The van der Waals surface area contributed by atoms with Gasteiger partial charge in [0.1, 0.15) is 18.9 Å². The van der Waals surface area contributed by atoms with Gasteiger partial charge in [0.05, 0.1) is 16.1 Å². The van der Waals surface area contributed by atoms with Crippen molar-refractivity contribution in [1.29, 1.82) is 0 Å². The lowest BCUT2D eigenvalue weighted by molar-refractivity contribution is -0.138. The van der Waals surface area contributed by atoms with Gasteiger partial charge in [-0.2, -0.15) is 13.2 Å². The van der Waals surface area contributed by atoms with E-state index in [2.05, 4.69) is 5.32 Å². The Kier molecular flexibility index (Phi) is 4.87. The van der Waals surface area contributed by atoms with Crippen molar-refractivity contribution in [2.24, 2.45) is 0 Å². The lowest BCUT2D eigenvalue weighted by Crippen LogP contribution is -2.49. The van der Waals surface area contributed by atoms with Crippen LogP contribution < -0.4 is 15.5 Å². The van der Waals surface area contributed by atoms with Crippen LogP contribution >= 0.6 is 11.6 Å². The Morgan fingerprint density at radius 3 is 2.58 bits per heavy atom. The van der Waals surface area contributed by atoms with Crippen molar-refractivity contribution in [3.63, 3.8) is 0 Å². The second-order valence-electron chi connectivity index (χ2n) is 6.37. The van der Waals surface area contributed by atoms with E-state index in [1.165, 1.54) is 6.07 Å². The summed E-state index contributed by atoms with van der Waals surface area (Å²) in [4.78, 5) is 26.0. The van der Waals surface area contributed by atoms with E-state index in [9.17, 15) is 27.2 Å². The van der Waals surface area contributed by atoms with Crippen LogP contribution in [0, 0.1) is 5.82 Å². The second-order valence-corrected chi connectivity index (χ2v) is 6.75. The van der Waals surface area contributed by atoms with Crippen LogP contribution in [0.3, 0.4) is 0 Å². The number of fused-ring (bicyclic) bond motifs is 2. The quantitative estimate of drug-likeness (QED) is 0.773. The lowest BCUT2D eigenvalue weighted by atomic mass is 9.74. The Morgan fingerprint density at radius 2 is 1.96 bits per heavy atom. The first-order valence-electron chi connectivity index (χ1n) is 8.00. The molecule has 0 bridgehead atoms. The molecule has 0 atom stereocenters. The Labute approximate surface area is 151 Å². The zero-order chi connectivity index (χ0) is 19.1. The van der Waals surface area contributed by atoms with Crippen molar-refractivity contribution in [2.75, 3.05) is 31.1 Å². The number of piperidine rings is 1. The molecule has 0 radical (unpaired) electrons. The van der Waals surface area contributed by atoms with E-state index in [1.807, 2.05) is 0 Å². The minimum atomic E-state index is -4.55. The summed E-state index contributed by atoms with van der Waals surface area (Å²) in [6.45, 7) is -1.06. The molecule has 1 fully saturated rings. The number of benzene rings is 1. The molecule has 2 aliphatic heterocycles. The molecule has 2 N–H and O–H groups in total. The van der Waals surface area contributed by atoms with Gasteiger partial charge in [0.25, 0.3) is 0 Å². The number of anilines is 1. The zero-order valence-corrected chi connectivity index (χ0v) is 14.3.